The molecule has 1 aromatic rings. The van der Waals surface area contributed by atoms with Crippen LogP contribution in [0, 0.1) is 0 Å². The fourth-order valence-electron chi connectivity index (χ4n) is 1.42. The molecule has 0 saturated carbocycles. The molecule has 3 heteroatoms. The van der Waals surface area contributed by atoms with Gasteiger partial charge in [-0.05, 0) is 50.5 Å². The summed E-state index contributed by atoms with van der Waals surface area (Å²) in [5, 5.41) is 0.748. The third kappa shape index (κ3) is 4.10. The Morgan fingerprint density at radius 1 is 1.47 bits per heavy atom. The highest BCUT2D eigenvalue weighted by molar-refractivity contribution is 6.30. The van der Waals surface area contributed by atoms with Crippen molar-refractivity contribution in [2.45, 2.75) is 32.7 Å². The minimum absolute atomic E-state index is 0.207. The number of rotatable bonds is 5. The van der Waals surface area contributed by atoms with Gasteiger partial charge in [-0.3, -0.25) is 0 Å². The van der Waals surface area contributed by atoms with E-state index in [1.807, 2.05) is 32.0 Å². The third-order valence-electron chi connectivity index (χ3n) is 2.19. The zero-order valence-electron chi connectivity index (χ0n) is 9.29. The Kier molecular flexibility index (Phi) is 4.92. The molecule has 0 spiro atoms. The molecule has 0 saturated heterocycles. The quantitative estimate of drug-likeness (QED) is 0.839. The van der Waals surface area contributed by atoms with E-state index in [0.717, 1.165) is 29.2 Å². The fraction of sp³-hybridized carbons (Fsp3) is 0.500. The predicted octanol–water partition coefficient (Wildman–Crippen LogP) is 3.02. The van der Waals surface area contributed by atoms with E-state index in [-0.39, 0.29) is 6.04 Å². The molecule has 1 atom stereocenters. The molecule has 0 radical (unpaired) electrons. The Labute approximate surface area is 96.4 Å². The van der Waals surface area contributed by atoms with Crippen molar-refractivity contribution in [1.82, 2.24) is 0 Å². The van der Waals surface area contributed by atoms with E-state index in [9.17, 15) is 0 Å². The van der Waals surface area contributed by atoms with Gasteiger partial charge in [-0.2, -0.15) is 0 Å². The Morgan fingerprint density at radius 2 is 2.20 bits per heavy atom. The standard InChI is InChI=1S/C12H18ClNO/c1-3-15-12-7-6-11(13)8-10(12)5-4-9(2)14/h6-9H,3-5,14H2,1-2H3/t9-/m0/s1. The second-order valence-corrected chi connectivity index (χ2v) is 4.14. The van der Waals surface area contributed by atoms with Crippen LogP contribution in [-0.4, -0.2) is 12.6 Å². The molecule has 1 rings (SSSR count). The molecule has 0 bridgehead atoms. The molecule has 0 unspecified atom stereocenters. The number of nitrogens with two attached hydrogens (primary N) is 1. The number of halogens is 1. The summed E-state index contributed by atoms with van der Waals surface area (Å²) in [5.74, 6) is 0.919. The Balaban J connectivity index is 2.77. The Bertz CT molecular complexity index is 312. The van der Waals surface area contributed by atoms with Gasteiger partial charge in [0.05, 0.1) is 6.61 Å². The maximum Gasteiger partial charge on any atom is 0.122 e. The summed E-state index contributed by atoms with van der Waals surface area (Å²) in [4.78, 5) is 0. The number of ether oxygens (including phenoxy) is 1. The molecule has 0 aliphatic rings. The molecule has 2 nitrogen and oxygen atoms in total. The van der Waals surface area contributed by atoms with Crippen LogP contribution in [0.3, 0.4) is 0 Å². The van der Waals surface area contributed by atoms with E-state index in [4.69, 9.17) is 22.1 Å². The van der Waals surface area contributed by atoms with Crippen LogP contribution < -0.4 is 10.5 Å². The maximum absolute atomic E-state index is 5.95. The van der Waals surface area contributed by atoms with E-state index in [1.54, 1.807) is 0 Å². The molecule has 0 aliphatic carbocycles. The number of hydrogen-bond donors (Lipinski definition) is 1. The molecule has 0 aliphatic heterocycles. The summed E-state index contributed by atoms with van der Waals surface area (Å²) < 4.78 is 5.52. The lowest BCUT2D eigenvalue weighted by Crippen LogP contribution is -2.15. The van der Waals surface area contributed by atoms with Crippen LogP contribution >= 0.6 is 11.6 Å². The van der Waals surface area contributed by atoms with Crippen LogP contribution in [0.25, 0.3) is 0 Å². The maximum atomic E-state index is 5.95. The Morgan fingerprint density at radius 3 is 2.80 bits per heavy atom. The van der Waals surface area contributed by atoms with Crippen molar-refractivity contribution in [1.29, 1.82) is 0 Å². The van der Waals surface area contributed by atoms with Crippen molar-refractivity contribution in [3.8, 4) is 5.75 Å². The average molecular weight is 228 g/mol. The van der Waals surface area contributed by atoms with Crippen molar-refractivity contribution < 1.29 is 4.74 Å². The molecular weight excluding hydrogens is 210 g/mol. The van der Waals surface area contributed by atoms with Gasteiger partial charge in [0.1, 0.15) is 5.75 Å². The van der Waals surface area contributed by atoms with Crippen molar-refractivity contribution in [2.24, 2.45) is 5.73 Å². The molecule has 0 fully saturated rings. The molecule has 0 heterocycles. The summed E-state index contributed by atoms with van der Waals surface area (Å²) in [7, 11) is 0. The van der Waals surface area contributed by atoms with Gasteiger partial charge in [-0.1, -0.05) is 11.6 Å². The molecule has 0 amide bonds. The van der Waals surface area contributed by atoms with E-state index < -0.39 is 0 Å². The second kappa shape index (κ2) is 5.99. The molecular formula is C12H18ClNO. The first-order chi connectivity index (χ1) is 7.13. The lowest BCUT2D eigenvalue weighted by atomic mass is 10.1. The first-order valence-electron chi connectivity index (χ1n) is 5.30. The van der Waals surface area contributed by atoms with Crippen LogP contribution in [0.1, 0.15) is 25.8 Å². The van der Waals surface area contributed by atoms with Gasteiger partial charge in [0, 0.05) is 11.1 Å². The van der Waals surface area contributed by atoms with Gasteiger partial charge in [0.2, 0.25) is 0 Å². The van der Waals surface area contributed by atoms with Crippen molar-refractivity contribution in [3.05, 3.63) is 28.8 Å². The lowest BCUT2D eigenvalue weighted by molar-refractivity contribution is 0.336. The van der Waals surface area contributed by atoms with Gasteiger partial charge in [0.15, 0.2) is 0 Å². The van der Waals surface area contributed by atoms with Crippen molar-refractivity contribution >= 4 is 11.6 Å². The van der Waals surface area contributed by atoms with Gasteiger partial charge in [-0.25, -0.2) is 0 Å². The monoisotopic (exact) mass is 227 g/mol. The third-order valence-corrected chi connectivity index (χ3v) is 2.43. The van der Waals surface area contributed by atoms with Crippen LogP contribution in [0.2, 0.25) is 5.02 Å². The molecule has 1 aromatic carbocycles. The van der Waals surface area contributed by atoms with E-state index in [0.29, 0.717) is 6.61 Å². The van der Waals surface area contributed by atoms with Gasteiger partial charge >= 0.3 is 0 Å². The second-order valence-electron chi connectivity index (χ2n) is 3.70. The van der Waals surface area contributed by atoms with E-state index >= 15 is 0 Å². The Hall–Kier alpha value is -0.730. The van der Waals surface area contributed by atoms with Crippen LogP contribution in [0.5, 0.6) is 5.75 Å². The average Bonchev–Trinajstić information content (AvgIpc) is 2.18. The smallest absolute Gasteiger partial charge is 0.122 e. The summed E-state index contributed by atoms with van der Waals surface area (Å²) in [6.45, 7) is 4.65. The first-order valence-corrected chi connectivity index (χ1v) is 5.68. The van der Waals surface area contributed by atoms with Crippen molar-refractivity contribution in [3.63, 3.8) is 0 Å². The SMILES string of the molecule is CCOc1ccc(Cl)cc1CC[C@H](C)N. The minimum atomic E-state index is 0.207. The fourth-order valence-corrected chi connectivity index (χ4v) is 1.62. The normalized spacial score (nSPS) is 12.5. The number of benzene rings is 1. The van der Waals surface area contributed by atoms with Crippen LogP contribution in [0.15, 0.2) is 18.2 Å². The first kappa shape index (κ1) is 12.3. The van der Waals surface area contributed by atoms with E-state index in [2.05, 4.69) is 0 Å². The topological polar surface area (TPSA) is 35.2 Å². The van der Waals surface area contributed by atoms with Gasteiger partial charge in [-0.15, -0.1) is 0 Å². The zero-order valence-corrected chi connectivity index (χ0v) is 10.1. The van der Waals surface area contributed by atoms with Gasteiger partial charge in [0.25, 0.3) is 0 Å². The summed E-state index contributed by atoms with van der Waals surface area (Å²) in [5.41, 5.74) is 6.87. The predicted molar refractivity (Wildman–Crippen MR) is 64.6 cm³/mol. The summed E-state index contributed by atoms with van der Waals surface area (Å²) in [6.07, 6.45) is 1.86. The van der Waals surface area contributed by atoms with Crippen LogP contribution in [-0.2, 0) is 6.42 Å². The lowest BCUT2D eigenvalue weighted by Gasteiger charge is -2.11. The number of hydrogen-bond acceptors (Lipinski definition) is 2. The van der Waals surface area contributed by atoms with E-state index in [1.165, 1.54) is 0 Å². The van der Waals surface area contributed by atoms with Gasteiger partial charge < -0.3 is 10.5 Å². The molecule has 84 valence electrons. The largest absolute Gasteiger partial charge is 0.494 e. The molecule has 2 N–H and O–H groups in total. The zero-order chi connectivity index (χ0) is 11.3. The summed E-state index contributed by atoms with van der Waals surface area (Å²) in [6, 6.07) is 5.93. The van der Waals surface area contributed by atoms with Crippen LogP contribution in [0.4, 0.5) is 0 Å². The highest BCUT2D eigenvalue weighted by atomic mass is 35.5. The summed E-state index contributed by atoms with van der Waals surface area (Å²) >= 11 is 5.95. The molecule has 15 heavy (non-hydrogen) atoms. The highest BCUT2D eigenvalue weighted by Crippen LogP contribution is 2.24. The minimum Gasteiger partial charge on any atom is -0.494 e. The highest BCUT2D eigenvalue weighted by Gasteiger charge is 2.05. The number of aryl methyl sites for hydroxylation is 1. The molecule has 0 aromatic heterocycles. The van der Waals surface area contributed by atoms with Crippen molar-refractivity contribution in [2.75, 3.05) is 6.61 Å².